The van der Waals surface area contributed by atoms with Crippen molar-refractivity contribution in [1.82, 2.24) is 15.3 Å². The van der Waals surface area contributed by atoms with Crippen LogP contribution in [-0.2, 0) is 0 Å². The monoisotopic (exact) mass is 500 g/mol. The molecule has 3 aromatic carbocycles. The summed E-state index contributed by atoms with van der Waals surface area (Å²) in [5, 5.41) is 17.4. The van der Waals surface area contributed by atoms with Gasteiger partial charge in [-0.1, -0.05) is 24.3 Å². The number of benzene rings is 3. The van der Waals surface area contributed by atoms with Gasteiger partial charge in [-0.25, -0.2) is 4.98 Å². The number of carbonyl (C=O) groups excluding carboxylic acids is 1. The summed E-state index contributed by atoms with van der Waals surface area (Å²) in [6, 6.07) is 18.1. The molecular weight excluding hydrogens is 476 g/mol. The van der Waals surface area contributed by atoms with Crippen LogP contribution in [0.25, 0.3) is 22.4 Å². The molecule has 182 valence electrons. The van der Waals surface area contributed by atoms with Gasteiger partial charge in [0.2, 0.25) is 0 Å². The first kappa shape index (κ1) is 23.4. The van der Waals surface area contributed by atoms with Crippen LogP contribution in [0, 0.1) is 17.0 Å². The number of H-pyrrole nitrogens is 1. The Morgan fingerprint density at radius 1 is 1.11 bits per heavy atom. The summed E-state index contributed by atoms with van der Waals surface area (Å²) in [5.74, 6) is 0.203. The molecule has 1 aliphatic heterocycles. The third kappa shape index (κ3) is 4.76. The summed E-state index contributed by atoms with van der Waals surface area (Å²) in [5.41, 5.74) is 4.93. The van der Waals surface area contributed by atoms with Crippen LogP contribution in [-0.4, -0.2) is 39.0 Å². The Hall–Kier alpha value is -4.31. The molecule has 1 aliphatic rings. The lowest BCUT2D eigenvalue weighted by atomic mass is 10.1. The molecule has 5 rings (SSSR count). The first-order chi connectivity index (χ1) is 17.4. The average molecular weight is 501 g/mol. The number of fused-ring (bicyclic) bond motifs is 1. The maximum atomic E-state index is 12.8. The fourth-order valence-electron chi connectivity index (χ4n) is 4.36. The zero-order chi connectivity index (χ0) is 25.2. The lowest BCUT2D eigenvalue weighted by Crippen LogP contribution is -2.34. The predicted octanol–water partition coefficient (Wildman–Crippen LogP) is 5.17. The Bertz CT molecular complexity index is 1460. The molecule has 0 unspecified atom stereocenters. The Labute approximate surface area is 212 Å². The van der Waals surface area contributed by atoms with E-state index >= 15 is 0 Å². The van der Waals surface area contributed by atoms with Crippen LogP contribution in [0.1, 0.15) is 28.8 Å². The molecule has 0 radical (unpaired) electrons. The molecule has 1 saturated heterocycles. The standard InChI is InChI=1S/C26H24N6O3S/c1-16-8-9-17(24-27-19-6-2-3-7-20(19)28-24)14-21(16)29-26(36)30-25(33)18-10-11-22(23(15-18)32(34)35)31-12-4-5-13-31/h2-3,6-11,14-15H,4-5,12-13H2,1H3,(H,27,28)(H2,29,30,33,36). The number of aryl methyl sites for hydroxylation is 1. The maximum Gasteiger partial charge on any atom is 0.293 e. The van der Waals surface area contributed by atoms with Crippen molar-refractivity contribution < 1.29 is 9.72 Å². The molecule has 9 nitrogen and oxygen atoms in total. The highest BCUT2D eigenvalue weighted by molar-refractivity contribution is 7.80. The highest BCUT2D eigenvalue weighted by Gasteiger charge is 2.24. The molecule has 1 aromatic heterocycles. The van der Waals surface area contributed by atoms with E-state index in [0.29, 0.717) is 11.4 Å². The third-order valence-corrected chi connectivity index (χ3v) is 6.46. The number of nitro groups is 1. The summed E-state index contributed by atoms with van der Waals surface area (Å²) in [6.07, 6.45) is 1.99. The second-order valence-corrected chi connectivity index (χ2v) is 9.10. The van der Waals surface area contributed by atoms with Crippen LogP contribution in [0.4, 0.5) is 17.1 Å². The minimum atomic E-state index is -0.519. The summed E-state index contributed by atoms with van der Waals surface area (Å²) in [7, 11) is 0. The van der Waals surface area contributed by atoms with Gasteiger partial charge >= 0.3 is 0 Å². The number of anilines is 2. The quantitative estimate of drug-likeness (QED) is 0.197. The van der Waals surface area contributed by atoms with E-state index in [9.17, 15) is 14.9 Å². The van der Waals surface area contributed by atoms with E-state index in [4.69, 9.17) is 12.2 Å². The number of aromatic amines is 1. The molecule has 0 bridgehead atoms. The largest absolute Gasteiger partial charge is 0.366 e. The Balaban J connectivity index is 1.32. The van der Waals surface area contributed by atoms with Crippen LogP contribution in [0.2, 0.25) is 0 Å². The fourth-order valence-corrected chi connectivity index (χ4v) is 4.56. The van der Waals surface area contributed by atoms with Gasteiger partial charge in [-0.15, -0.1) is 0 Å². The van der Waals surface area contributed by atoms with Gasteiger partial charge < -0.3 is 15.2 Å². The van der Waals surface area contributed by atoms with E-state index in [1.807, 2.05) is 54.3 Å². The first-order valence-electron chi connectivity index (χ1n) is 11.6. The van der Waals surface area contributed by atoms with Gasteiger partial charge in [-0.2, -0.15) is 0 Å². The van der Waals surface area contributed by atoms with Crippen molar-refractivity contribution in [3.05, 3.63) is 81.9 Å². The minimum absolute atomic E-state index is 0.0854. The number of thiocarbonyl (C=S) groups is 1. The van der Waals surface area contributed by atoms with Crippen LogP contribution >= 0.6 is 12.2 Å². The van der Waals surface area contributed by atoms with Crippen molar-refractivity contribution in [3.8, 4) is 11.4 Å². The van der Waals surface area contributed by atoms with Crippen LogP contribution in [0.3, 0.4) is 0 Å². The number of aromatic nitrogens is 2. The number of rotatable bonds is 5. The van der Waals surface area contributed by atoms with Crippen molar-refractivity contribution in [3.63, 3.8) is 0 Å². The van der Waals surface area contributed by atoms with Crippen molar-refractivity contribution in [1.29, 1.82) is 0 Å². The van der Waals surface area contributed by atoms with Crippen molar-refractivity contribution in [2.24, 2.45) is 0 Å². The van der Waals surface area contributed by atoms with Crippen LogP contribution in [0.15, 0.2) is 60.7 Å². The van der Waals surface area contributed by atoms with Crippen molar-refractivity contribution in [2.45, 2.75) is 19.8 Å². The number of hydrogen-bond acceptors (Lipinski definition) is 6. The van der Waals surface area contributed by atoms with Gasteiger partial charge in [-0.05, 0) is 67.9 Å². The van der Waals surface area contributed by atoms with E-state index in [1.165, 1.54) is 6.07 Å². The Morgan fingerprint density at radius 2 is 1.89 bits per heavy atom. The number of amides is 1. The highest BCUT2D eigenvalue weighted by Crippen LogP contribution is 2.32. The fraction of sp³-hybridized carbons (Fsp3) is 0.192. The van der Waals surface area contributed by atoms with E-state index in [-0.39, 0.29) is 16.4 Å². The first-order valence-corrected chi connectivity index (χ1v) is 12.0. The summed E-state index contributed by atoms with van der Waals surface area (Å²) >= 11 is 5.37. The van der Waals surface area contributed by atoms with E-state index in [0.717, 1.165) is 53.9 Å². The minimum Gasteiger partial charge on any atom is -0.366 e. The number of para-hydroxylation sites is 2. The normalized spacial score (nSPS) is 13.1. The molecule has 2 heterocycles. The van der Waals surface area contributed by atoms with Gasteiger partial charge in [-0.3, -0.25) is 20.2 Å². The molecule has 0 aliphatic carbocycles. The maximum absolute atomic E-state index is 12.8. The zero-order valence-electron chi connectivity index (χ0n) is 19.6. The lowest BCUT2D eigenvalue weighted by Gasteiger charge is -2.18. The van der Waals surface area contributed by atoms with E-state index < -0.39 is 10.8 Å². The van der Waals surface area contributed by atoms with Gasteiger partial charge in [0, 0.05) is 36.0 Å². The molecule has 4 aromatic rings. The molecule has 0 saturated carbocycles. The van der Waals surface area contributed by atoms with E-state index in [1.54, 1.807) is 12.1 Å². The Kier molecular flexibility index (Phi) is 6.34. The predicted molar refractivity (Wildman–Crippen MR) is 144 cm³/mol. The summed E-state index contributed by atoms with van der Waals surface area (Å²) in [6.45, 7) is 3.47. The Morgan fingerprint density at radius 3 is 2.64 bits per heavy atom. The van der Waals surface area contributed by atoms with Gasteiger partial charge in [0.05, 0.1) is 16.0 Å². The molecule has 1 amide bonds. The smallest absolute Gasteiger partial charge is 0.293 e. The van der Waals surface area contributed by atoms with Crippen LogP contribution in [0.5, 0.6) is 0 Å². The van der Waals surface area contributed by atoms with Gasteiger partial charge in [0.15, 0.2) is 5.11 Å². The van der Waals surface area contributed by atoms with Crippen LogP contribution < -0.4 is 15.5 Å². The summed E-state index contributed by atoms with van der Waals surface area (Å²) < 4.78 is 0. The summed E-state index contributed by atoms with van der Waals surface area (Å²) in [4.78, 5) is 34.0. The average Bonchev–Trinajstić information content (AvgIpc) is 3.55. The molecule has 10 heteroatoms. The highest BCUT2D eigenvalue weighted by atomic mass is 32.1. The second-order valence-electron chi connectivity index (χ2n) is 8.70. The molecule has 0 atom stereocenters. The number of nitrogens with one attached hydrogen (secondary N) is 3. The number of imidazole rings is 1. The van der Waals surface area contributed by atoms with E-state index in [2.05, 4.69) is 20.6 Å². The van der Waals surface area contributed by atoms with Crippen molar-refractivity contribution >= 4 is 51.3 Å². The zero-order valence-corrected chi connectivity index (χ0v) is 20.4. The number of nitro benzene ring substituents is 1. The second kappa shape index (κ2) is 9.74. The SMILES string of the molecule is Cc1ccc(-c2nc3ccccc3[nH]2)cc1NC(=S)NC(=O)c1ccc(N2CCCC2)c([N+](=O)[O-])c1. The molecule has 0 spiro atoms. The third-order valence-electron chi connectivity index (χ3n) is 6.26. The van der Waals surface area contributed by atoms with Gasteiger partial charge in [0.1, 0.15) is 11.5 Å². The molecule has 36 heavy (non-hydrogen) atoms. The van der Waals surface area contributed by atoms with Crippen molar-refractivity contribution in [2.75, 3.05) is 23.3 Å². The number of nitrogens with zero attached hydrogens (tertiary/aromatic N) is 3. The molecule has 3 N–H and O–H groups in total. The molecule has 1 fully saturated rings. The topological polar surface area (TPSA) is 116 Å². The number of carbonyl (C=O) groups is 1. The number of hydrogen-bond donors (Lipinski definition) is 3. The lowest BCUT2D eigenvalue weighted by molar-refractivity contribution is -0.384. The molecular formula is C26H24N6O3S. The van der Waals surface area contributed by atoms with Gasteiger partial charge in [0.25, 0.3) is 11.6 Å².